The molecule has 3 aliphatic rings. The van der Waals surface area contributed by atoms with Gasteiger partial charge in [0.05, 0.1) is 5.41 Å². The molecular weight excluding hydrogens is 248 g/mol. The number of rotatable bonds is 3. The van der Waals surface area contributed by atoms with Crippen LogP contribution in [-0.4, -0.2) is 12.1 Å². The molecule has 0 radical (unpaired) electrons. The minimum Gasteiger partial charge on any atom is -0.461 e. The number of hydrogen-bond donors (Lipinski definition) is 0. The topological polar surface area (TPSA) is 26.3 Å². The van der Waals surface area contributed by atoms with E-state index in [4.69, 9.17) is 4.74 Å². The lowest BCUT2D eigenvalue weighted by Gasteiger charge is -2.37. The summed E-state index contributed by atoms with van der Waals surface area (Å²) in [7, 11) is 0. The highest BCUT2D eigenvalue weighted by atomic mass is 16.5. The van der Waals surface area contributed by atoms with Gasteiger partial charge in [0.15, 0.2) is 0 Å². The molecular formula is C18H28O2. The maximum absolute atomic E-state index is 12.6. The van der Waals surface area contributed by atoms with E-state index in [-0.39, 0.29) is 17.5 Å². The van der Waals surface area contributed by atoms with Gasteiger partial charge in [-0.15, -0.1) is 0 Å². The van der Waals surface area contributed by atoms with Crippen molar-refractivity contribution in [2.24, 2.45) is 29.1 Å². The van der Waals surface area contributed by atoms with Gasteiger partial charge in [-0.05, 0) is 57.3 Å². The van der Waals surface area contributed by atoms with Crippen molar-refractivity contribution in [3.63, 3.8) is 0 Å². The average molecular weight is 276 g/mol. The molecule has 0 heterocycles. The minimum atomic E-state index is -0.314. The molecule has 0 saturated heterocycles. The smallest absolute Gasteiger partial charge is 0.312 e. The molecule has 2 heteroatoms. The van der Waals surface area contributed by atoms with Gasteiger partial charge in [0.25, 0.3) is 0 Å². The van der Waals surface area contributed by atoms with E-state index in [9.17, 15) is 4.79 Å². The van der Waals surface area contributed by atoms with E-state index in [1.165, 1.54) is 32.1 Å². The molecule has 0 aromatic carbocycles. The van der Waals surface area contributed by atoms with Crippen LogP contribution in [0.25, 0.3) is 0 Å². The molecule has 2 fully saturated rings. The molecule has 20 heavy (non-hydrogen) atoms. The summed E-state index contributed by atoms with van der Waals surface area (Å²) >= 11 is 0. The fourth-order valence-corrected chi connectivity index (χ4v) is 4.30. The maximum atomic E-state index is 12.6. The fraction of sp³-hybridized carbons (Fsp3) is 0.833. The first-order valence-electron chi connectivity index (χ1n) is 8.36. The Morgan fingerprint density at radius 3 is 2.35 bits per heavy atom. The third-order valence-electron chi connectivity index (χ3n) is 6.04. The van der Waals surface area contributed by atoms with E-state index in [2.05, 4.69) is 32.9 Å². The molecule has 0 spiro atoms. The van der Waals surface area contributed by atoms with Crippen molar-refractivity contribution in [1.82, 2.24) is 0 Å². The molecule has 112 valence electrons. The number of hydrogen-bond acceptors (Lipinski definition) is 2. The zero-order chi connectivity index (χ0) is 14.3. The second-order valence-corrected chi connectivity index (χ2v) is 7.90. The van der Waals surface area contributed by atoms with Crippen LogP contribution >= 0.6 is 0 Å². The monoisotopic (exact) mass is 276 g/mol. The van der Waals surface area contributed by atoms with Gasteiger partial charge >= 0.3 is 5.97 Å². The molecule has 0 amide bonds. The summed E-state index contributed by atoms with van der Waals surface area (Å²) < 4.78 is 5.90. The standard InChI is InChI=1S/C18H28O2/c1-12-4-8-15(9-5-12)18(2,3)17(19)20-16-11-13-6-7-14(16)10-13/h6-7,12-16H,4-5,8-11H2,1-3H3. The van der Waals surface area contributed by atoms with Gasteiger partial charge in [-0.3, -0.25) is 4.79 Å². The summed E-state index contributed by atoms with van der Waals surface area (Å²) in [5.74, 6) is 2.53. The van der Waals surface area contributed by atoms with Crippen LogP contribution in [0.15, 0.2) is 12.2 Å². The average Bonchev–Trinajstić information content (AvgIpc) is 3.01. The van der Waals surface area contributed by atoms with Crippen molar-refractivity contribution in [3.8, 4) is 0 Å². The van der Waals surface area contributed by atoms with Crippen LogP contribution in [0.4, 0.5) is 0 Å². The lowest BCUT2D eigenvalue weighted by Crippen LogP contribution is -2.39. The molecule has 2 saturated carbocycles. The summed E-state index contributed by atoms with van der Waals surface area (Å²) in [6, 6.07) is 0. The van der Waals surface area contributed by atoms with E-state index in [1.54, 1.807) is 0 Å². The molecule has 3 aliphatic carbocycles. The molecule has 3 unspecified atom stereocenters. The summed E-state index contributed by atoms with van der Waals surface area (Å²) in [4.78, 5) is 12.6. The Balaban J connectivity index is 1.59. The van der Waals surface area contributed by atoms with E-state index < -0.39 is 0 Å². The van der Waals surface area contributed by atoms with Crippen molar-refractivity contribution in [2.45, 2.75) is 65.4 Å². The van der Waals surface area contributed by atoms with Crippen LogP contribution in [0.1, 0.15) is 59.3 Å². The first-order valence-corrected chi connectivity index (χ1v) is 8.36. The second kappa shape index (κ2) is 5.20. The minimum absolute atomic E-state index is 0.0444. The Morgan fingerprint density at radius 1 is 1.10 bits per heavy atom. The predicted molar refractivity (Wildman–Crippen MR) is 80.1 cm³/mol. The Labute approximate surface area is 123 Å². The van der Waals surface area contributed by atoms with Gasteiger partial charge in [-0.1, -0.05) is 31.9 Å². The highest BCUT2D eigenvalue weighted by molar-refractivity contribution is 5.76. The Bertz CT molecular complexity index is 402. The largest absolute Gasteiger partial charge is 0.461 e. The summed E-state index contributed by atoms with van der Waals surface area (Å²) in [5.41, 5.74) is -0.314. The SMILES string of the molecule is CC1CCC(C(C)(C)C(=O)OC2CC3C=CC2C3)CC1. The maximum Gasteiger partial charge on any atom is 0.312 e. The summed E-state index contributed by atoms with van der Waals surface area (Å²) in [6.45, 7) is 6.52. The molecule has 0 aromatic heterocycles. The van der Waals surface area contributed by atoms with Gasteiger partial charge < -0.3 is 4.74 Å². The summed E-state index contributed by atoms with van der Waals surface area (Å²) in [6.07, 6.45) is 11.8. The Hall–Kier alpha value is -0.790. The van der Waals surface area contributed by atoms with Crippen molar-refractivity contribution in [1.29, 1.82) is 0 Å². The zero-order valence-electron chi connectivity index (χ0n) is 13.1. The molecule has 3 atom stereocenters. The van der Waals surface area contributed by atoms with Gasteiger partial charge in [-0.25, -0.2) is 0 Å². The highest BCUT2D eigenvalue weighted by Crippen LogP contribution is 2.44. The van der Waals surface area contributed by atoms with E-state index in [1.807, 2.05) is 0 Å². The number of allylic oxidation sites excluding steroid dienone is 1. The molecule has 0 N–H and O–H groups in total. The van der Waals surface area contributed by atoms with Gasteiger partial charge in [0, 0.05) is 5.92 Å². The van der Waals surface area contributed by atoms with Gasteiger partial charge in [0.2, 0.25) is 0 Å². The van der Waals surface area contributed by atoms with Crippen molar-refractivity contribution in [2.75, 3.05) is 0 Å². The number of esters is 1. The van der Waals surface area contributed by atoms with Crippen molar-refractivity contribution in [3.05, 3.63) is 12.2 Å². The predicted octanol–water partition coefficient (Wildman–Crippen LogP) is 4.35. The third kappa shape index (κ3) is 2.54. The quantitative estimate of drug-likeness (QED) is 0.566. The molecule has 2 bridgehead atoms. The van der Waals surface area contributed by atoms with Gasteiger partial charge in [-0.2, -0.15) is 0 Å². The number of carbonyl (C=O) groups is 1. The Kier molecular flexibility index (Phi) is 3.68. The Morgan fingerprint density at radius 2 is 1.80 bits per heavy atom. The van der Waals surface area contributed by atoms with Gasteiger partial charge in [0.1, 0.15) is 6.10 Å². The molecule has 0 aromatic rings. The van der Waals surface area contributed by atoms with E-state index in [0.717, 1.165) is 12.3 Å². The van der Waals surface area contributed by atoms with Crippen molar-refractivity contribution >= 4 is 5.97 Å². The fourth-order valence-electron chi connectivity index (χ4n) is 4.30. The van der Waals surface area contributed by atoms with Crippen LogP contribution in [-0.2, 0) is 9.53 Å². The van der Waals surface area contributed by atoms with Crippen LogP contribution < -0.4 is 0 Å². The highest BCUT2D eigenvalue weighted by Gasteiger charge is 2.44. The number of ether oxygens (including phenoxy) is 1. The number of carbonyl (C=O) groups excluding carboxylic acids is 1. The zero-order valence-corrected chi connectivity index (χ0v) is 13.1. The first kappa shape index (κ1) is 14.2. The molecule has 0 aliphatic heterocycles. The van der Waals surface area contributed by atoms with Crippen LogP contribution in [0.2, 0.25) is 0 Å². The first-order chi connectivity index (χ1) is 9.46. The summed E-state index contributed by atoms with van der Waals surface area (Å²) in [5, 5.41) is 0. The van der Waals surface area contributed by atoms with Crippen LogP contribution in [0.5, 0.6) is 0 Å². The lowest BCUT2D eigenvalue weighted by molar-refractivity contribution is -0.165. The second-order valence-electron chi connectivity index (χ2n) is 7.90. The lowest BCUT2D eigenvalue weighted by atomic mass is 9.69. The normalized spacial score (nSPS) is 40.0. The molecule has 3 rings (SSSR count). The van der Waals surface area contributed by atoms with Crippen molar-refractivity contribution < 1.29 is 9.53 Å². The van der Waals surface area contributed by atoms with E-state index >= 15 is 0 Å². The molecule has 2 nitrogen and oxygen atoms in total. The van der Waals surface area contributed by atoms with Crippen LogP contribution in [0.3, 0.4) is 0 Å². The van der Waals surface area contributed by atoms with Crippen LogP contribution in [0, 0.1) is 29.1 Å². The van der Waals surface area contributed by atoms with E-state index in [0.29, 0.717) is 17.8 Å². The number of fused-ring (bicyclic) bond motifs is 2. The third-order valence-corrected chi connectivity index (χ3v) is 6.04.